The van der Waals surface area contributed by atoms with Crippen molar-refractivity contribution < 1.29 is 9.53 Å². The largest absolute Gasteiger partial charge is 0.378 e. The predicted molar refractivity (Wildman–Crippen MR) is 120 cm³/mol. The summed E-state index contributed by atoms with van der Waals surface area (Å²) in [5.41, 5.74) is 2.33. The molecule has 0 bridgehead atoms. The van der Waals surface area contributed by atoms with Crippen molar-refractivity contribution >= 4 is 17.7 Å². The van der Waals surface area contributed by atoms with Gasteiger partial charge in [0.05, 0.1) is 31.3 Å². The van der Waals surface area contributed by atoms with Gasteiger partial charge in [-0.2, -0.15) is 0 Å². The van der Waals surface area contributed by atoms with E-state index in [0.29, 0.717) is 37.8 Å². The third kappa shape index (κ3) is 4.52. The summed E-state index contributed by atoms with van der Waals surface area (Å²) in [5, 5.41) is 3.42. The Morgan fingerprint density at radius 2 is 1.88 bits per heavy atom. The number of benzene rings is 1. The number of anilines is 2. The van der Waals surface area contributed by atoms with Gasteiger partial charge in [-0.05, 0) is 12.5 Å². The summed E-state index contributed by atoms with van der Waals surface area (Å²) in [4.78, 5) is 34.6. The van der Waals surface area contributed by atoms with Crippen molar-refractivity contribution in [3.05, 3.63) is 60.7 Å². The second-order valence-electron chi connectivity index (χ2n) is 7.88. The van der Waals surface area contributed by atoms with Crippen LogP contribution in [0.1, 0.15) is 16.9 Å². The summed E-state index contributed by atoms with van der Waals surface area (Å²) in [6.07, 6.45) is 5.90. The SMILES string of the molecule is O=C(c1cncc(NC2CCN(c3nccc(-c4ccccc4)n3)C2)n1)N1CCOCC1. The minimum atomic E-state index is -0.108. The van der Waals surface area contributed by atoms with Gasteiger partial charge in [-0.3, -0.25) is 9.78 Å². The highest BCUT2D eigenvalue weighted by molar-refractivity contribution is 5.92. The molecule has 2 saturated heterocycles. The summed E-state index contributed by atoms with van der Waals surface area (Å²) in [5.74, 6) is 1.22. The van der Waals surface area contributed by atoms with Crippen molar-refractivity contribution in [3.63, 3.8) is 0 Å². The van der Waals surface area contributed by atoms with Crippen LogP contribution in [-0.2, 0) is 4.74 Å². The quantitative estimate of drug-likeness (QED) is 0.656. The molecule has 2 aliphatic heterocycles. The summed E-state index contributed by atoms with van der Waals surface area (Å²) < 4.78 is 5.32. The lowest BCUT2D eigenvalue weighted by atomic mass is 10.1. The molecule has 2 fully saturated rings. The number of carbonyl (C=O) groups excluding carboxylic acids is 1. The maximum Gasteiger partial charge on any atom is 0.274 e. The van der Waals surface area contributed by atoms with Gasteiger partial charge in [0.2, 0.25) is 5.95 Å². The Balaban J connectivity index is 1.24. The Labute approximate surface area is 186 Å². The van der Waals surface area contributed by atoms with Crippen molar-refractivity contribution in [1.82, 2.24) is 24.8 Å². The zero-order valence-corrected chi connectivity index (χ0v) is 17.7. The van der Waals surface area contributed by atoms with E-state index < -0.39 is 0 Å². The molecule has 1 atom stereocenters. The van der Waals surface area contributed by atoms with Gasteiger partial charge in [0, 0.05) is 44.0 Å². The second kappa shape index (κ2) is 9.27. The molecule has 1 unspecified atom stereocenters. The van der Waals surface area contributed by atoms with E-state index in [9.17, 15) is 4.79 Å². The molecule has 1 aromatic carbocycles. The molecular weight excluding hydrogens is 406 g/mol. The minimum Gasteiger partial charge on any atom is -0.378 e. The molecule has 2 aliphatic rings. The van der Waals surface area contributed by atoms with Crippen LogP contribution in [0.25, 0.3) is 11.3 Å². The molecule has 9 heteroatoms. The van der Waals surface area contributed by atoms with Gasteiger partial charge in [-0.25, -0.2) is 15.0 Å². The van der Waals surface area contributed by atoms with Crippen molar-refractivity contribution in [1.29, 1.82) is 0 Å². The number of rotatable bonds is 5. The minimum absolute atomic E-state index is 0.108. The first-order valence-corrected chi connectivity index (χ1v) is 10.9. The first kappa shape index (κ1) is 20.3. The molecule has 0 saturated carbocycles. The van der Waals surface area contributed by atoms with E-state index in [4.69, 9.17) is 9.72 Å². The molecule has 3 aromatic rings. The highest BCUT2D eigenvalue weighted by Gasteiger charge is 2.26. The van der Waals surface area contributed by atoms with Crippen LogP contribution < -0.4 is 10.2 Å². The summed E-state index contributed by atoms with van der Waals surface area (Å²) in [7, 11) is 0. The van der Waals surface area contributed by atoms with E-state index in [1.54, 1.807) is 17.3 Å². The number of nitrogens with one attached hydrogen (secondary N) is 1. The molecule has 32 heavy (non-hydrogen) atoms. The Hall–Kier alpha value is -3.59. The van der Waals surface area contributed by atoms with E-state index in [-0.39, 0.29) is 11.9 Å². The molecule has 0 spiro atoms. The first-order valence-electron chi connectivity index (χ1n) is 10.9. The third-order valence-electron chi connectivity index (χ3n) is 5.69. The van der Waals surface area contributed by atoms with Gasteiger partial charge >= 0.3 is 0 Å². The molecule has 1 N–H and O–H groups in total. The van der Waals surface area contributed by atoms with Gasteiger partial charge in [0.15, 0.2) is 0 Å². The lowest BCUT2D eigenvalue weighted by Crippen LogP contribution is -2.41. The van der Waals surface area contributed by atoms with Gasteiger partial charge < -0.3 is 19.9 Å². The standard InChI is InChI=1S/C23H25N7O2/c31-22(29-10-12-32-13-11-29)20-14-24-15-21(27-20)26-18-7-9-30(16-18)23-25-8-6-19(28-23)17-4-2-1-3-5-17/h1-6,8,14-15,18H,7,9-13,16H2,(H,26,27). The zero-order valence-electron chi connectivity index (χ0n) is 17.7. The fraction of sp³-hybridized carbons (Fsp3) is 0.348. The Morgan fingerprint density at radius 3 is 2.72 bits per heavy atom. The highest BCUT2D eigenvalue weighted by atomic mass is 16.5. The molecule has 9 nitrogen and oxygen atoms in total. The van der Waals surface area contributed by atoms with Gasteiger partial charge in [0.1, 0.15) is 11.5 Å². The number of morpholine rings is 1. The topological polar surface area (TPSA) is 96.4 Å². The second-order valence-corrected chi connectivity index (χ2v) is 7.88. The fourth-order valence-corrected chi connectivity index (χ4v) is 4.01. The molecule has 0 radical (unpaired) electrons. The average Bonchev–Trinajstić information content (AvgIpc) is 3.33. The van der Waals surface area contributed by atoms with Crippen LogP contribution >= 0.6 is 0 Å². The van der Waals surface area contributed by atoms with Crippen molar-refractivity contribution in [2.24, 2.45) is 0 Å². The van der Waals surface area contributed by atoms with E-state index in [1.165, 1.54) is 6.20 Å². The highest BCUT2D eigenvalue weighted by Crippen LogP contribution is 2.22. The molecule has 1 amide bonds. The Kier molecular flexibility index (Phi) is 5.89. The van der Waals surface area contributed by atoms with Crippen LogP contribution in [-0.4, -0.2) is 76.2 Å². The maximum absolute atomic E-state index is 12.7. The monoisotopic (exact) mass is 431 g/mol. The van der Waals surface area contributed by atoms with E-state index >= 15 is 0 Å². The molecule has 5 rings (SSSR count). The van der Waals surface area contributed by atoms with Crippen LogP contribution in [0.15, 0.2) is 55.0 Å². The van der Waals surface area contributed by atoms with Gasteiger partial charge in [0.25, 0.3) is 5.91 Å². The van der Waals surface area contributed by atoms with Crippen LogP contribution in [0.5, 0.6) is 0 Å². The van der Waals surface area contributed by atoms with E-state index in [0.717, 1.165) is 36.7 Å². The van der Waals surface area contributed by atoms with Crippen LogP contribution in [0.4, 0.5) is 11.8 Å². The zero-order chi connectivity index (χ0) is 21.8. The van der Waals surface area contributed by atoms with Crippen LogP contribution in [0.3, 0.4) is 0 Å². The molecule has 2 aromatic heterocycles. The van der Waals surface area contributed by atoms with E-state index in [1.807, 2.05) is 36.4 Å². The summed E-state index contributed by atoms with van der Waals surface area (Å²) >= 11 is 0. The Bertz CT molecular complexity index is 1070. The van der Waals surface area contributed by atoms with Crippen molar-refractivity contribution in [2.75, 3.05) is 49.6 Å². The maximum atomic E-state index is 12.7. The summed E-state index contributed by atoms with van der Waals surface area (Å²) in [6, 6.07) is 12.2. The van der Waals surface area contributed by atoms with Crippen LogP contribution in [0.2, 0.25) is 0 Å². The fourth-order valence-electron chi connectivity index (χ4n) is 4.01. The van der Waals surface area contributed by atoms with Gasteiger partial charge in [-0.1, -0.05) is 30.3 Å². The number of amides is 1. The number of ether oxygens (including phenoxy) is 1. The first-order chi connectivity index (χ1) is 15.8. The molecular formula is C23H25N7O2. The normalized spacial score (nSPS) is 18.6. The molecule has 0 aliphatic carbocycles. The molecule has 164 valence electrons. The van der Waals surface area contributed by atoms with Crippen molar-refractivity contribution in [2.45, 2.75) is 12.5 Å². The number of carbonyl (C=O) groups is 1. The van der Waals surface area contributed by atoms with E-state index in [2.05, 4.69) is 25.2 Å². The predicted octanol–water partition coefficient (Wildman–Crippen LogP) is 2.10. The summed E-state index contributed by atoms with van der Waals surface area (Å²) in [6.45, 7) is 3.87. The number of hydrogen-bond acceptors (Lipinski definition) is 8. The smallest absolute Gasteiger partial charge is 0.274 e. The lowest BCUT2D eigenvalue weighted by Gasteiger charge is -2.26. The number of hydrogen-bond donors (Lipinski definition) is 1. The number of nitrogens with zero attached hydrogens (tertiary/aromatic N) is 6. The van der Waals surface area contributed by atoms with Gasteiger partial charge in [-0.15, -0.1) is 0 Å². The van der Waals surface area contributed by atoms with Crippen LogP contribution in [0, 0.1) is 0 Å². The molecule has 4 heterocycles. The lowest BCUT2D eigenvalue weighted by molar-refractivity contribution is 0.0299. The third-order valence-corrected chi connectivity index (χ3v) is 5.69. The van der Waals surface area contributed by atoms with Crippen molar-refractivity contribution in [3.8, 4) is 11.3 Å². The number of aromatic nitrogens is 4. The Morgan fingerprint density at radius 1 is 1.03 bits per heavy atom. The average molecular weight is 432 g/mol.